The van der Waals surface area contributed by atoms with E-state index in [0.29, 0.717) is 0 Å². The lowest BCUT2D eigenvalue weighted by atomic mass is 9.87. The summed E-state index contributed by atoms with van der Waals surface area (Å²) in [4.78, 5) is 103. The van der Waals surface area contributed by atoms with E-state index in [-0.39, 0.29) is 53.6 Å². The van der Waals surface area contributed by atoms with E-state index < -0.39 is 95.6 Å². The molecule has 27 nitrogen and oxygen atoms in total. The Kier molecular flexibility index (Phi) is 16.0. The number of nitrogens with zero attached hydrogens (tertiary/aromatic N) is 5. The number of carbonyl (C=O) groups excluding carboxylic acids is 3. The number of nitrogens with one attached hydrogen (secondary N) is 2. The number of pyridine rings is 1. The zero-order chi connectivity index (χ0) is 43.9. The highest BCUT2D eigenvalue weighted by Crippen LogP contribution is 2.61. The van der Waals surface area contributed by atoms with Crippen molar-refractivity contribution in [2.24, 2.45) is 5.41 Å². The largest absolute Gasteiger partial charge is 0.481 e. The fourth-order valence-corrected chi connectivity index (χ4v) is 8.50. The quantitative estimate of drug-likeness (QED) is 0.0456. The number of aliphatic hydroxyl groups excluding tert-OH is 2. The second kappa shape index (κ2) is 19.7. The van der Waals surface area contributed by atoms with Crippen molar-refractivity contribution in [2.75, 3.05) is 37.8 Å². The first kappa shape index (κ1) is 47.9. The maximum absolute atomic E-state index is 12.7. The molecule has 0 aromatic carbocycles. The zero-order valence-corrected chi connectivity index (χ0v) is 34.1. The molecule has 4 rings (SSSR count). The average Bonchev–Trinajstić information content (AvgIpc) is 3.71. The summed E-state index contributed by atoms with van der Waals surface area (Å²) in [7, 11) is -16.5. The summed E-state index contributed by atoms with van der Waals surface area (Å²) in [5.74, 6) is -2.81. The number of thioether (sulfide) groups is 1. The summed E-state index contributed by atoms with van der Waals surface area (Å²) < 4.78 is 62.1. The molecule has 3 aromatic heterocycles. The van der Waals surface area contributed by atoms with Gasteiger partial charge in [0.1, 0.15) is 47.6 Å². The molecule has 0 bridgehead atoms. The number of rotatable bonds is 21. The van der Waals surface area contributed by atoms with Gasteiger partial charge >= 0.3 is 29.4 Å². The van der Waals surface area contributed by atoms with Gasteiger partial charge in [-0.15, -0.1) is 0 Å². The summed E-state index contributed by atoms with van der Waals surface area (Å²) in [5, 5.41) is 34.7. The molecule has 1 aliphatic heterocycles. The SMILES string of the molecule is CC(C)(COP(=O)(O)OP(=O)(O)OCC1OC(n2cnc3c(N)ncnc32)C(O)C1OP(=O)(O)O)C(O)C(=O)NCCC(=O)NCCSC(=O)c1cccc(C(=O)O)n1. The number of carbonyl (C=O) groups is 4. The standard InChI is InChI=1S/C28H39N8O19P3S/c1-28(2,21(39)24(40)31-7-6-17(37)30-8-9-59-27(43)15-5-3-4-14(35-15)26(41)42)11-52-58(49,50)55-57(47,48)51-10-16-20(54-56(44,45)46)19(38)25(53-16)36-13-34-18-22(29)32-12-33-23(18)36/h3-5,12-13,16,19-21,25,38-39H,6-11H2,1-2H3,(H,30,37)(H,31,40)(H,41,42)(H,47,48)(H,49,50)(H2,29,32,33)(H2,44,45,46). The van der Waals surface area contributed by atoms with Crippen molar-refractivity contribution >= 4 is 75.1 Å². The number of aromatic nitrogens is 5. The molecule has 0 aliphatic carbocycles. The molecule has 1 fully saturated rings. The molecular weight excluding hydrogens is 877 g/mol. The van der Waals surface area contributed by atoms with E-state index in [2.05, 4.69) is 39.4 Å². The van der Waals surface area contributed by atoms with Gasteiger partial charge in [0.15, 0.2) is 17.7 Å². The van der Waals surface area contributed by atoms with E-state index in [4.69, 9.17) is 24.6 Å². The lowest BCUT2D eigenvalue weighted by Gasteiger charge is -2.30. The molecule has 1 aliphatic rings. The van der Waals surface area contributed by atoms with E-state index in [1.165, 1.54) is 32.0 Å². The number of carboxylic acid groups (broad SMARTS) is 1. The van der Waals surface area contributed by atoms with Crippen LogP contribution in [-0.4, -0.2) is 139 Å². The van der Waals surface area contributed by atoms with Crippen molar-refractivity contribution in [1.29, 1.82) is 0 Å². The Labute approximate surface area is 336 Å². The second-order valence-corrected chi connectivity index (χ2v) is 18.2. The fraction of sp³-hybridized carbons (Fsp3) is 0.500. The Morgan fingerprint density at radius 3 is 2.37 bits per heavy atom. The van der Waals surface area contributed by atoms with Crippen molar-refractivity contribution in [3.05, 3.63) is 42.2 Å². The van der Waals surface area contributed by atoms with Gasteiger partial charge in [-0.2, -0.15) is 4.31 Å². The highest BCUT2D eigenvalue weighted by Gasteiger charge is 2.50. The third-order valence-electron chi connectivity index (χ3n) is 7.91. The van der Waals surface area contributed by atoms with Crippen molar-refractivity contribution < 1.29 is 90.4 Å². The van der Waals surface area contributed by atoms with E-state index in [0.717, 1.165) is 29.0 Å². The van der Waals surface area contributed by atoms with Crippen LogP contribution in [0, 0.1) is 5.41 Å². The smallest absolute Gasteiger partial charge is 0.477 e. The number of phosphoric ester groups is 3. The lowest BCUT2D eigenvalue weighted by Crippen LogP contribution is -2.46. The summed E-state index contributed by atoms with van der Waals surface area (Å²) >= 11 is 0.788. The van der Waals surface area contributed by atoms with E-state index in [9.17, 15) is 62.7 Å². The number of hydrogen-bond acceptors (Lipinski definition) is 20. The maximum atomic E-state index is 12.7. The van der Waals surface area contributed by atoms with Crippen molar-refractivity contribution in [3.63, 3.8) is 0 Å². The Morgan fingerprint density at radius 2 is 1.69 bits per heavy atom. The number of nitrogen functional groups attached to an aromatic ring is 1. The second-order valence-electron chi connectivity index (χ2n) is 12.9. The number of fused-ring (bicyclic) bond motifs is 1. The van der Waals surface area contributed by atoms with Gasteiger partial charge in [0, 0.05) is 30.7 Å². The van der Waals surface area contributed by atoms with Gasteiger partial charge in [-0.1, -0.05) is 31.7 Å². The Balaban J connectivity index is 1.22. The van der Waals surface area contributed by atoms with Crippen LogP contribution in [0.3, 0.4) is 0 Å². The first-order chi connectivity index (χ1) is 27.4. The van der Waals surface area contributed by atoms with Crippen LogP contribution >= 0.6 is 35.2 Å². The Hall–Kier alpha value is -3.82. The molecule has 0 spiro atoms. The summed E-state index contributed by atoms with van der Waals surface area (Å²) in [6, 6.07) is 3.93. The molecule has 7 unspecified atom stereocenters. The number of anilines is 1. The molecule has 4 heterocycles. The van der Waals surface area contributed by atoms with Crippen LogP contribution in [0.25, 0.3) is 11.2 Å². The minimum absolute atomic E-state index is 0.0167. The number of aliphatic hydroxyl groups is 2. The van der Waals surface area contributed by atoms with E-state index >= 15 is 0 Å². The minimum Gasteiger partial charge on any atom is -0.477 e. The molecule has 11 N–H and O–H groups in total. The number of hydrogen-bond donors (Lipinski definition) is 10. The van der Waals surface area contributed by atoms with Gasteiger partial charge in [0.25, 0.3) is 0 Å². The molecule has 2 amide bonds. The minimum atomic E-state index is -5.60. The number of nitrogens with two attached hydrogens (primary N) is 1. The summed E-state index contributed by atoms with van der Waals surface area (Å²) in [6.45, 7) is 0.120. The predicted octanol–water partition coefficient (Wildman–Crippen LogP) is -0.928. The van der Waals surface area contributed by atoms with Crippen LogP contribution in [0.2, 0.25) is 0 Å². The number of aromatic carboxylic acids is 1. The normalized spacial score (nSPS) is 21.0. The number of amides is 2. The molecule has 0 saturated carbocycles. The molecule has 31 heteroatoms. The van der Waals surface area contributed by atoms with Gasteiger partial charge in [0.05, 0.1) is 19.5 Å². The third-order valence-corrected chi connectivity index (χ3v) is 11.9. The molecule has 326 valence electrons. The monoisotopic (exact) mass is 916 g/mol. The fourth-order valence-electron chi connectivity index (χ4n) is 5.02. The highest BCUT2D eigenvalue weighted by atomic mass is 32.2. The first-order valence-corrected chi connectivity index (χ1v) is 22.2. The summed E-state index contributed by atoms with van der Waals surface area (Å²) in [5.41, 5.74) is 3.80. The first-order valence-electron chi connectivity index (χ1n) is 16.7. The molecule has 7 atom stereocenters. The van der Waals surface area contributed by atoms with Crippen LogP contribution in [-0.2, 0) is 45.9 Å². The zero-order valence-electron chi connectivity index (χ0n) is 30.6. The average molecular weight is 917 g/mol. The molecule has 3 aromatic rings. The van der Waals surface area contributed by atoms with Crippen LogP contribution in [0.15, 0.2) is 30.9 Å². The van der Waals surface area contributed by atoms with Crippen LogP contribution < -0.4 is 16.4 Å². The van der Waals surface area contributed by atoms with Gasteiger partial charge < -0.3 is 56.0 Å². The van der Waals surface area contributed by atoms with Crippen molar-refractivity contribution in [3.8, 4) is 0 Å². The topological polar surface area (TPSA) is 414 Å². The molecule has 0 radical (unpaired) electrons. The van der Waals surface area contributed by atoms with Crippen LogP contribution in [0.4, 0.5) is 5.82 Å². The summed E-state index contributed by atoms with van der Waals surface area (Å²) in [6.07, 6.45) is -7.15. The number of ether oxygens (including phenoxy) is 1. The van der Waals surface area contributed by atoms with Crippen LogP contribution in [0.5, 0.6) is 0 Å². The molecular formula is C28H39N8O19P3S. The van der Waals surface area contributed by atoms with Gasteiger partial charge in [-0.3, -0.25) is 32.5 Å². The Morgan fingerprint density at radius 1 is 1.02 bits per heavy atom. The Bertz CT molecular complexity index is 2170. The van der Waals surface area contributed by atoms with Gasteiger partial charge in [0.2, 0.25) is 16.9 Å². The molecule has 59 heavy (non-hydrogen) atoms. The number of carboxylic acids is 1. The highest BCUT2D eigenvalue weighted by molar-refractivity contribution is 8.14. The maximum Gasteiger partial charge on any atom is 0.481 e. The number of imidazole rings is 1. The van der Waals surface area contributed by atoms with Crippen molar-refractivity contribution in [2.45, 2.75) is 50.9 Å². The van der Waals surface area contributed by atoms with Gasteiger partial charge in [-0.25, -0.2) is 38.4 Å². The van der Waals surface area contributed by atoms with E-state index in [1.807, 2.05) is 0 Å². The third kappa shape index (κ3) is 13.6. The number of phosphoric acid groups is 3. The van der Waals surface area contributed by atoms with Crippen molar-refractivity contribution in [1.82, 2.24) is 35.1 Å². The van der Waals surface area contributed by atoms with E-state index in [1.54, 1.807) is 0 Å². The van der Waals surface area contributed by atoms with Gasteiger partial charge in [-0.05, 0) is 12.1 Å². The lowest BCUT2D eigenvalue weighted by molar-refractivity contribution is -0.137. The molecule has 1 saturated heterocycles. The van der Waals surface area contributed by atoms with Crippen LogP contribution in [0.1, 0.15) is 47.5 Å². The predicted molar refractivity (Wildman–Crippen MR) is 198 cm³/mol.